The first-order valence-electron chi connectivity index (χ1n) is 6.15. The number of halogens is 1. The van der Waals surface area contributed by atoms with Gasteiger partial charge in [0.25, 0.3) is 0 Å². The maximum Gasteiger partial charge on any atom is 0.349 e. The molecule has 1 rings (SSSR count). The fraction of sp³-hybridized carbons (Fsp3) is 0.500. The van der Waals surface area contributed by atoms with Crippen LogP contribution in [0, 0.1) is 5.82 Å². The SMILES string of the molecule is CCOCCOC(=O)C(C)(C)Oc1ccc(F)cc1. The Morgan fingerprint density at radius 1 is 1.21 bits per heavy atom. The Kier molecular flexibility index (Phi) is 5.76. The van der Waals surface area contributed by atoms with Crippen LogP contribution in [-0.4, -0.2) is 31.4 Å². The van der Waals surface area contributed by atoms with Crippen molar-refractivity contribution in [3.63, 3.8) is 0 Å². The molecule has 0 aromatic heterocycles. The fourth-order valence-corrected chi connectivity index (χ4v) is 1.35. The highest BCUT2D eigenvalue weighted by atomic mass is 19.1. The zero-order valence-corrected chi connectivity index (χ0v) is 11.4. The van der Waals surface area contributed by atoms with E-state index in [1.54, 1.807) is 13.8 Å². The minimum absolute atomic E-state index is 0.183. The molecule has 0 aliphatic heterocycles. The molecule has 0 heterocycles. The molecule has 19 heavy (non-hydrogen) atoms. The fourth-order valence-electron chi connectivity index (χ4n) is 1.35. The number of benzene rings is 1. The summed E-state index contributed by atoms with van der Waals surface area (Å²) in [4.78, 5) is 11.8. The molecule has 0 atom stereocenters. The van der Waals surface area contributed by atoms with E-state index in [1.807, 2.05) is 6.92 Å². The summed E-state index contributed by atoms with van der Waals surface area (Å²) >= 11 is 0. The second kappa shape index (κ2) is 7.09. The van der Waals surface area contributed by atoms with E-state index < -0.39 is 11.6 Å². The Morgan fingerprint density at radius 2 is 1.84 bits per heavy atom. The van der Waals surface area contributed by atoms with Crippen molar-refractivity contribution in [2.24, 2.45) is 0 Å². The van der Waals surface area contributed by atoms with E-state index in [0.29, 0.717) is 19.0 Å². The largest absolute Gasteiger partial charge is 0.476 e. The number of ether oxygens (including phenoxy) is 3. The van der Waals surface area contributed by atoms with Gasteiger partial charge in [0.2, 0.25) is 0 Å². The maximum atomic E-state index is 12.8. The van der Waals surface area contributed by atoms with E-state index in [1.165, 1.54) is 24.3 Å². The van der Waals surface area contributed by atoms with Crippen molar-refractivity contribution in [2.75, 3.05) is 19.8 Å². The lowest BCUT2D eigenvalue weighted by atomic mass is 10.1. The van der Waals surface area contributed by atoms with Crippen molar-refractivity contribution < 1.29 is 23.4 Å². The average Bonchev–Trinajstić information content (AvgIpc) is 2.37. The van der Waals surface area contributed by atoms with Gasteiger partial charge < -0.3 is 14.2 Å². The number of esters is 1. The van der Waals surface area contributed by atoms with Gasteiger partial charge in [0.15, 0.2) is 5.60 Å². The zero-order valence-electron chi connectivity index (χ0n) is 11.4. The Labute approximate surface area is 112 Å². The highest BCUT2D eigenvalue weighted by Gasteiger charge is 2.31. The van der Waals surface area contributed by atoms with Crippen LogP contribution in [0.5, 0.6) is 5.75 Å². The predicted molar refractivity (Wildman–Crippen MR) is 68.6 cm³/mol. The van der Waals surface area contributed by atoms with Gasteiger partial charge in [-0.25, -0.2) is 9.18 Å². The highest BCUT2D eigenvalue weighted by molar-refractivity contribution is 5.79. The van der Waals surface area contributed by atoms with Crippen LogP contribution in [0.2, 0.25) is 0 Å². The first-order chi connectivity index (χ1) is 8.95. The minimum atomic E-state index is -1.13. The molecule has 0 aliphatic rings. The number of carbonyl (C=O) groups is 1. The van der Waals surface area contributed by atoms with Gasteiger partial charge in [-0.1, -0.05) is 0 Å². The van der Waals surface area contributed by atoms with E-state index in [9.17, 15) is 9.18 Å². The van der Waals surface area contributed by atoms with Crippen LogP contribution in [0.15, 0.2) is 24.3 Å². The summed E-state index contributed by atoms with van der Waals surface area (Å²) in [6.07, 6.45) is 0. The highest BCUT2D eigenvalue weighted by Crippen LogP contribution is 2.19. The van der Waals surface area contributed by atoms with E-state index in [-0.39, 0.29) is 12.4 Å². The van der Waals surface area contributed by atoms with Crippen LogP contribution in [0.3, 0.4) is 0 Å². The third-order valence-electron chi connectivity index (χ3n) is 2.34. The Bertz CT molecular complexity index is 400. The molecule has 0 fully saturated rings. The Balaban J connectivity index is 2.49. The molecule has 0 radical (unpaired) electrons. The van der Waals surface area contributed by atoms with Crippen LogP contribution in [0.4, 0.5) is 4.39 Å². The topological polar surface area (TPSA) is 44.8 Å². The third-order valence-corrected chi connectivity index (χ3v) is 2.34. The Morgan fingerprint density at radius 3 is 2.42 bits per heavy atom. The summed E-state index contributed by atoms with van der Waals surface area (Å²) in [5.41, 5.74) is -1.13. The number of rotatable bonds is 7. The van der Waals surface area contributed by atoms with Crippen molar-refractivity contribution in [2.45, 2.75) is 26.4 Å². The van der Waals surface area contributed by atoms with Gasteiger partial charge in [-0.05, 0) is 45.0 Å². The molecule has 0 saturated carbocycles. The monoisotopic (exact) mass is 270 g/mol. The third kappa shape index (κ3) is 5.26. The summed E-state index contributed by atoms with van der Waals surface area (Å²) in [6, 6.07) is 5.47. The second-order valence-electron chi connectivity index (χ2n) is 4.40. The molecular formula is C14H19FO4. The lowest BCUT2D eigenvalue weighted by Gasteiger charge is -2.24. The molecule has 5 heteroatoms. The standard InChI is InChI=1S/C14H19FO4/c1-4-17-9-10-18-13(16)14(2,3)19-12-7-5-11(15)6-8-12/h5-8H,4,9-10H2,1-3H3. The van der Waals surface area contributed by atoms with E-state index >= 15 is 0 Å². The number of carbonyl (C=O) groups excluding carboxylic acids is 1. The first-order valence-corrected chi connectivity index (χ1v) is 6.15. The zero-order chi connectivity index (χ0) is 14.3. The molecule has 0 saturated heterocycles. The summed E-state index contributed by atoms with van der Waals surface area (Å²) < 4.78 is 28.4. The Hall–Kier alpha value is -1.62. The number of hydrogen-bond acceptors (Lipinski definition) is 4. The van der Waals surface area contributed by atoms with Gasteiger partial charge in [-0.2, -0.15) is 0 Å². The van der Waals surface area contributed by atoms with Crippen molar-refractivity contribution in [3.8, 4) is 5.75 Å². The molecule has 4 nitrogen and oxygen atoms in total. The van der Waals surface area contributed by atoms with Crippen LogP contribution in [-0.2, 0) is 14.3 Å². The predicted octanol–water partition coefficient (Wildman–Crippen LogP) is 2.56. The molecule has 1 aromatic rings. The maximum absolute atomic E-state index is 12.8. The van der Waals surface area contributed by atoms with Crippen molar-refractivity contribution >= 4 is 5.97 Å². The molecular weight excluding hydrogens is 251 g/mol. The van der Waals surface area contributed by atoms with Crippen molar-refractivity contribution in [1.29, 1.82) is 0 Å². The van der Waals surface area contributed by atoms with Crippen LogP contribution >= 0.6 is 0 Å². The molecule has 106 valence electrons. The summed E-state index contributed by atoms with van der Waals surface area (Å²) in [6.45, 7) is 6.17. The first kappa shape index (κ1) is 15.4. The minimum Gasteiger partial charge on any atom is -0.476 e. The molecule has 0 N–H and O–H groups in total. The summed E-state index contributed by atoms with van der Waals surface area (Å²) in [5, 5.41) is 0. The molecule has 1 aromatic carbocycles. The molecule has 0 aliphatic carbocycles. The smallest absolute Gasteiger partial charge is 0.349 e. The number of hydrogen-bond donors (Lipinski definition) is 0. The van der Waals surface area contributed by atoms with Crippen molar-refractivity contribution in [3.05, 3.63) is 30.1 Å². The van der Waals surface area contributed by atoms with Gasteiger partial charge in [-0.3, -0.25) is 0 Å². The molecule has 0 bridgehead atoms. The van der Waals surface area contributed by atoms with E-state index in [2.05, 4.69) is 0 Å². The van der Waals surface area contributed by atoms with Gasteiger partial charge >= 0.3 is 5.97 Å². The van der Waals surface area contributed by atoms with E-state index in [4.69, 9.17) is 14.2 Å². The quantitative estimate of drug-likeness (QED) is 0.564. The molecule has 0 amide bonds. The van der Waals surface area contributed by atoms with Gasteiger partial charge in [0, 0.05) is 6.61 Å². The second-order valence-corrected chi connectivity index (χ2v) is 4.40. The lowest BCUT2D eigenvalue weighted by Crippen LogP contribution is -2.40. The van der Waals surface area contributed by atoms with Gasteiger partial charge in [0.05, 0.1) is 6.61 Å². The van der Waals surface area contributed by atoms with Crippen molar-refractivity contribution in [1.82, 2.24) is 0 Å². The van der Waals surface area contributed by atoms with Crippen LogP contribution < -0.4 is 4.74 Å². The summed E-state index contributed by atoms with van der Waals surface area (Å²) in [7, 11) is 0. The van der Waals surface area contributed by atoms with Crippen LogP contribution in [0.25, 0.3) is 0 Å². The van der Waals surface area contributed by atoms with Gasteiger partial charge in [-0.15, -0.1) is 0 Å². The lowest BCUT2D eigenvalue weighted by molar-refractivity contribution is -0.160. The summed E-state index contributed by atoms with van der Waals surface area (Å²) in [5.74, 6) is -0.436. The molecule has 0 unspecified atom stereocenters. The van der Waals surface area contributed by atoms with Gasteiger partial charge in [0.1, 0.15) is 18.2 Å². The van der Waals surface area contributed by atoms with Crippen LogP contribution in [0.1, 0.15) is 20.8 Å². The normalized spacial score (nSPS) is 11.2. The molecule has 0 spiro atoms. The van der Waals surface area contributed by atoms with E-state index in [0.717, 1.165) is 0 Å². The average molecular weight is 270 g/mol.